The van der Waals surface area contributed by atoms with Gasteiger partial charge in [-0.3, -0.25) is 9.59 Å². The highest BCUT2D eigenvalue weighted by atomic mass is 16.5. The fourth-order valence-electron chi connectivity index (χ4n) is 3.94. The number of rotatable bonds is 10. The fourth-order valence-corrected chi connectivity index (χ4v) is 3.94. The maximum Gasteiger partial charge on any atom is 0.253 e. The van der Waals surface area contributed by atoms with Crippen molar-refractivity contribution in [3.8, 4) is 11.5 Å². The number of nitrogens with zero attached hydrogens (tertiary/aromatic N) is 1. The lowest BCUT2D eigenvalue weighted by Gasteiger charge is -2.26. The smallest absolute Gasteiger partial charge is 0.253 e. The van der Waals surface area contributed by atoms with Crippen molar-refractivity contribution in [2.24, 2.45) is 0 Å². The van der Waals surface area contributed by atoms with Crippen molar-refractivity contribution in [2.75, 3.05) is 43.5 Å². The molecular formula is C28H31N3O4. The highest BCUT2D eigenvalue weighted by molar-refractivity contribution is 5.96. The van der Waals surface area contributed by atoms with Crippen LogP contribution in [-0.4, -0.2) is 49.6 Å². The maximum atomic E-state index is 12.8. The van der Waals surface area contributed by atoms with E-state index < -0.39 is 0 Å². The fraction of sp³-hybridized carbons (Fsp3) is 0.286. The molecule has 0 unspecified atom stereocenters. The first-order valence-electron chi connectivity index (χ1n) is 12.0. The van der Waals surface area contributed by atoms with Gasteiger partial charge in [0, 0.05) is 24.3 Å². The van der Waals surface area contributed by atoms with Gasteiger partial charge in [0.1, 0.15) is 24.7 Å². The summed E-state index contributed by atoms with van der Waals surface area (Å²) in [7, 11) is 0. The number of ether oxygens (including phenoxy) is 2. The van der Waals surface area contributed by atoms with Crippen LogP contribution in [0, 0.1) is 0 Å². The van der Waals surface area contributed by atoms with E-state index >= 15 is 0 Å². The third kappa shape index (κ3) is 7.24. The molecule has 3 aromatic carbocycles. The molecule has 182 valence electrons. The maximum absolute atomic E-state index is 12.8. The van der Waals surface area contributed by atoms with E-state index in [9.17, 15) is 9.59 Å². The second-order valence-corrected chi connectivity index (χ2v) is 8.34. The Bertz CT molecular complexity index is 1110. The molecule has 35 heavy (non-hydrogen) atoms. The Morgan fingerprint density at radius 2 is 1.54 bits per heavy atom. The van der Waals surface area contributed by atoms with E-state index in [2.05, 4.69) is 10.6 Å². The zero-order valence-corrected chi connectivity index (χ0v) is 19.7. The van der Waals surface area contributed by atoms with Gasteiger partial charge >= 0.3 is 0 Å². The molecule has 3 aromatic rings. The van der Waals surface area contributed by atoms with Gasteiger partial charge in [-0.1, -0.05) is 36.4 Å². The molecule has 7 nitrogen and oxygen atoms in total. The standard InChI is InChI=1S/C28H31N3O4/c32-27(21-29-23-11-9-10-22(20-23)28(33)31-16-7-2-8-17-31)30-25-14-5-6-15-26(25)35-19-18-34-24-12-3-1-4-13-24/h1,3-6,9-15,20,29H,2,7-8,16-19,21H2,(H,30,32). The van der Waals surface area contributed by atoms with Crippen LogP contribution in [0.25, 0.3) is 0 Å². The van der Waals surface area contributed by atoms with Crippen molar-refractivity contribution in [3.05, 3.63) is 84.4 Å². The van der Waals surface area contributed by atoms with Crippen LogP contribution in [0.3, 0.4) is 0 Å². The number of piperidine rings is 1. The van der Waals surface area contributed by atoms with Gasteiger partial charge < -0.3 is 25.0 Å². The first-order chi connectivity index (χ1) is 17.2. The molecule has 0 aliphatic carbocycles. The minimum Gasteiger partial charge on any atom is -0.490 e. The lowest BCUT2D eigenvalue weighted by atomic mass is 10.1. The van der Waals surface area contributed by atoms with E-state index in [4.69, 9.17) is 9.47 Å². The number of benzene rings is 3. The zero-order chi connectivity index (χ0) is 24.3. The van der Waals surface area contributed by atoms with Crippen molar-refractivity contribution >= 4 is 23.2 Å². The van der Waals surface area contributed by atoms with E-state index in [-0.39, 0.29) is 18.4 Å². The second-order valence-electron chi connectivity index (χ2n) is 8.34. The molecule has 1 saturated heterocycles. The number of para-hydroxylation sites is 3. The Balaban J connectivity index is 1.26. The van der Waals surface area contributed by atoms with E-state index in [0.29, 0.717) is 30.2 Å². The highest BCUT2D eigenvalue weighted by Gasteiger charge is 2.18. The molecule has 2 N–H and O–H groups in total. The molecule has 1 aliphatic rings. The number of hydrogen-bond acceptors (Lipinski definition) is 5. The number of carbonyl (C=O) groups excluding carboxylic acids is 2. The van der Waals surface area contributed by atoms with Crippen LogP contribution in [-0.2, 0) is 4.79 Å². The van der Waals surface area contributed by atoms with Gasteiger partial charge in [-0.05, 0) is 61.7 Å². The van der Waals surface area contributed by atoms with Gasteiger partial charge in [-0.2, -0.15) is 0 Å². The zero-order valence-electron chi connectivity index (χ0n) is 19.7. The monoisotopic (exact) mass is 473 g/mol. The second kappa shape index (κ2) is 12.5. The number of amides is 2. The van der Waals surface area contributed by atoms with Crippen LogP contribution in [0.1, 0.15) is 29.6 Å². The molecule has 1 heterocycles. The van der Waals surface area contributed by atoms with Crippen LogP contribution in [0.4, 0.5) is 11.4 Å². The number of nitrogens with one attached hydrogen (secondary N) is 2. The molecular weight excluding hydrogens is 442 g/mol. The molecule has 0 spiro atoms. The van der Waals surface area contributed by atoms with E-state index in [1.165, 1.54) is 6.42 Å². The normalized spacial score (nSPS) is 13.1. The van der Waals surface area contributed by atoms with Crippen LogP contribution in [0.2, 0.25) is 0 Å². The van der Waals surface area contributed by atoms with Crippen LogP contribution in [0.15, 0.2) is 78.9 Å². The number of carbonyl (C=O) groups is 2. The Morgan fingerprint density at radius 3 is 2.37 bits per heavy atom. The van der Waals surface area contributed by atoms with Crippen molar-refractivity contribution in [2.45, 2.75) is 19.3 Å². The number of anilines is 2. The molecule has 0 radical (unpaired) electrons. The highest BCUT2D eigenvalue weighted by Crippen LogP contribution is 2.24. The lowest BCUT2D eigenvalue weighted by Crippen LogP contribution is -2.35. The molecule has 0 saturated carbocycles. The molecule has 0 atom stereocenters. The van der Waals surface area contributed by atoms with E-state index in [1.807, 2.05) is 65.6 Å². The predicted octanol–water partition coefficient (Wildman–Crippen LogP) is 4.82. The molecule has 0 aromatic heterocycles. The number of likely N-dealkylation sites (tertiary alicyclic amines) is 1. The summed E-state index contributed by atoms with van der Waals surface area (Å²) >= 11 is 0. The summed E-state index contributed by atoms with van der Waals surface area (Å²) in [5, 5.41) is 6.00. The third-order valence-corrected chi connectivity index (χ3v) is 5.72. The quantitative estimate of drug-likeness (QED) is 0.413. The first-order valence-corrected chi connectivity index (χ1v) is 12.0. The Morgan fingerprint density at radius 1 is 0.800 bits per heavy atom. The number of hydrogen-bond donors (Lipinski definition) is 2. The molecule has 1 fully saturated rings. The third-order valence-electron chi connectivity index (χ3n) is 5.72. The van der Waals surface area contributed by atoms with Crippen LogP contribution < -0.4 is 20.1 Å². The van der Waals surface area contributed by atoms with Crippen LogP contribution in [0.5, 0.6) is 11.5 Å². The Hall–Kier alpha value is -4.00. The summed E-state index contributed by atoms with van der Waals surface area (Å²) in [6, 6.07) is 24.1. The van der Waals surface area contributed by atoms with Gasteiger partial charge in [-0.25, -0.2) is 0 Å². The topological polar surface area (TPSA) is 79.9 Å². The SMILES string of the molecule is O=C(CNc1cccc(C(=O)N2CCCCC2)c1)Nc1ccccc1OCCOc1ccccc1. The van der Waals surface area contributed by atoms with Gasteiger partial charge in [0.15, 0.2) is 0 Å². The van der Waals surface area contributed by atoms with Gasteiger partial charge in [0.25, 0.3) is 5.91 Å². The van der Waals surface area contributed by atoms with E-state index in [1.54, 1.807) is 18.2 Å². The van der Waals surface area contributed by atoms with Crippen molar-refractivity contribution in [1.82, 2.24) is 4.90 Å². The molecule has 1 aliphatic heterocycles. The lowest BCUT2D eigenvalue weighted by molar-refractivity contribution is -0.114. The molecule has 7 heteroatoms. The average molecular weight is 474 g/mol. The molecule has 0 bridgehead atoms. The van der Waals surface area contributed by atoms with Crippen molar-refractivity contribution in [3.63, 3.8) is 0 Å². The summed E-state index contributed by atoms with van der Waals surface area (Å²) in [5.41, 5.74) is 1.95. The minimum atomic E-state index is -0.214. The van der Waals surface area contributed by atoms with Gasteiger partial charge in [0.05, 0.1) is 12.2 Å². The Labute approximate surface area is 206 Å². The predicted molar refractivity (Wildman–Crippen MR) is 137 cm³/mol. The summed E-state index contributed by atoms with van der Waals surface area (Å²) in [4.78, 5) is 27.2. The largest absolute Gasteiger partial charge is 0.490 e. The summed E-state index contributed by atoms with van der Waals surface area (Å²) in [6.07, 6.45) is 3.28. The molecule has 4 rings (SSSR count). The minimum absolute atomic E-state index is 0.0418. The van der Waals surface area contributed by atoms with E-state index in [0.717, 1.165) is 37.4 Å². The van der Waals surface area contributed by atoms with Gasteiger partial charge in [-0.15, -0.1) is 0 Å². The van der Waals surface area contributed by atoms with Crippen molar-refractivity contribution in [1.29, 1.82) is 0 Å². The summed E-state index contributed by atoms with van der Waals surface area (Å²) < 4.78 is 11.5. The molecule has 2 amide bonds. The average Bonchev–Trinajstić information content (AvgIpc) is 2.91. The van der Waals surface area contributed by atoms with Crippen molar-refractivity contribution < 1.29 is 19.1 Å². The summed E-state index contributed by atoms with van der Waals surface area (Å²) in [6.45, 7) is 2.41. The Kier molecular flexibility index (Phi) is 8.59. The first kappa shape index (κ1) is 24.1. The summed E-state index contributed by atoms with van der Waals surface area (Å²) in [5.74, 6) is 1.19. The van der Waals surface area contributed by atoms with Crippen LogP contribution >= 0.6 is 0 Å². The van der Waals surface area contributed by atoms with Gasteiger partial charge in [0.2, 0.25) is 5.91 Å².